The van der Waals surface area contributed by atoms with Crippen LogP contribution in [0.25, 0.3) is 11.4 Å². The highest BCUT2D eigenvalue weighted by atomic mass is 35.5. The number of imidazole rings is 1. The van der Waals surface area contributed by atoms with Crippen LogP contribution in [0.1, 0.15) is 34.6 Å². The second-order valence-electron chi connectivity index (χ2n) is 8.87. The number of amides is 1. The Labute approximate surface area is 224 Å². The van der Waals surface area contributed by atoms with Gasteiger partial charge in [0.15, 0.2) is 0 Å². The lowest BCUT2D eigenvalue weighted by Gasteiger charge is -2.26. The molecule has 1 N–H and O–H groups in total. The summed E-state index contributed by atoms with van der Waals surface area (Å²) in [5.41, 5.74) is 2.13. The molecule has 1 saturated heterocycles. The summed E-state index contributed by atoms with van der Waals surface area (Å²) in [6, 6.07) is 14.2. The fourth-order valence-corrected chi connectivity index (χ4v) is 5.33. The Morgan fingerprint density at radius 1 is 1.11 bits per heavy atom. The predicted octanol–water partition coefficient (Wildman–Crippen LogP) is 4.53. The molecule has 10 heteroatoms. The van der Waals surface area contributed by atoms with Crippen LogP contribution >= 0.6 is 22.9 Å². The van der Waals surface area contributed by atoms with Crippen LogP contribution in [0.2, 0.25) is 4.34 Å². The Balaban J connectivity index is 1.34. The summed E-state index contributed by atoms with van der Waals surface area (Å²) in [6.45, 7) is 3.88. The van der Waals surface area contributed by atoms with E-state index >= 15 is 0 Å². The Bertz CT molecular complexity index is 1420. The second kappa shape index (κ2) is 11.8. The molecule has 1 fully saturated rings. The fraction of sp³-hybridized carbons (Fsp3) is 0.296. The molecule has 0 saturated carbocycles. The van der Waals surface area contributed by atoms with E-state index in [1.807, 2.05) is 35.0 Å². The number of aromatic nitrogens is 3. The molecule has 8 nitrogen and oxygen atoms in total. The van der Waals surface area contributed by atoms with Gasteiger partial charge < -0.3 is 14.6 Å². The van der Waals surface area contributed by atoms with Gasteiger partial charge in [-0.2, -0.15) is 0 Å². The lowest BCUT2D eigenvalue weighted by molar-refractivity contribution is 0.0954. The van der Waals surface area contributed by atoms with Crippen LogP contribution < -0.4 is 15.6 Å². The van der Waals surface area contributed by atoms with Gasteiger partial charge in [-0.15, -0.1) is 11.3 Å². The van der Waals surface area contributed by atoms with E-state index in [0.29, 0.717) is 27.3 Å². The lowest BCUT2D eigenvalue weighted by Crippen LogP contribution is -2.33. The number of rotatable bonds is 9. The molecule has 0 bridgehead atoms. The first kappa shape index (κ1) is 25.3. The summed E-state index contributed by atoms with van der Waals surface area (Å²) in [6.07, 6.45) is 9.05. The van der Waals surface area contributed by atoms with Crippen molar-refractivity contribution in [2.45, 2.75) is 25.8 Å². The summed E-state index contributed by atoms with van der Waals surface area (Å²) in [4.78, 5) is 32.2. The second-order valence-corrected chi connectivity index (χ2v) is 10.6. The quantitative estimate of drug-likeness (QED) is 0.339. The number of carbonyl (C=O) groups is 1. The van der Waals surface area contributed by atoms with Crippen LogP contribution in [0, 0.1) is 0 Å². The number of nitrogens with one attached hydrogen (secondary N) is 1. The average Bonchev–Trinajstić information content (AvgIpc) is 3.57. The number of ether oxygens (including phenoxy) is 1. The lowest BCUT2D eigenvalue weighted by atomic mass is 10.1. The first-order valence-corrected chi connectivity index (χ1v) is 13.5. The van der Waals surface area contributed by atoms with Crippen LogP contribution in [0.5, 0.6) is 5.75 Å². The average molecular weight is 538 g/mol. The number of hydrogen-bond acceptors (Lipinski definition) is 6. The summed E-state index contributed by atoms with van der Waals surface area (Å²) in [7, 11) is 0. The molecular formula is C27H28ClN5O3S. The van der Waals surface area contributed by atoms with Crippen LogP contribution in [0.4, 0.5) is 0 Å². The molecule has 1 aromatic carbocycles. The molecule has 4 heterocycles. The van der Waals surface area contributed by atoms with Gasteiger partial charge >= 0.3 is 0 Å². The van der Waals surface area contributed by atoms with E-state index in [9.17, 15) is 9.59 Å². The maximum atomic E-state index is 12.4. The van der Waals surface area contributed by atoms with Crippen molar-refractivity contribution in [1.29, 1.82) is 0 Å². The largest absolute Gasteiger partial charge is 0.490 e. The van der Waals surface area contributed by atoms with E-state index in [-0.39, 0.29) is 18.0 Å². The maximum absolute atomic E-state index is 12.4. The Kier molecular flexibility index (Phi) is 8.03. The van der Waals surface area contributed by atoms with Crippen molar-refractivity contribution >= 4 is 28.8 Å². The van der Waals surface area contributed by atoms with Crippen LogP contribution in [0.3, 0.4) is 0 Å². The molecule has 37 heavy (non-hydrogen) atoms. The van der Waals surface area contributed by atoms with Crippen molar-refractivity contribution in [3.05, 3.63) is 92.5 Å². The van der Waals surface area contributed by atoms with Gasteiger partial charge in [-0.25, -0.2) is 4.98 Å². The van der Waals surface area contributed by atoms with Gasteiger partial charge in [0.2, 0.25) is 0 Å². The van der Waals surface area contributed by atoms with Gasteiger partial charge in [0.25, 0.3) is 11.5 Å². The molecule has 5 rings (SSSR count). The first-order valence-electron chi connectivity index (χ1n) is 12.3. The Hall–Kier alpha value is -3.40. The summed E-state index contributed by atoms with van der Waals surface area (Å²) in [5.74, 6) is 0.470. The monoisotopic (exact) mass is 537 g/mol. The number of halogens is 1. The highest BCUT2D eigenvalue weighted by molar-refractivity contribution is 7.17. The molecule has 1 aliphatic rings. The SMILES string of the molecule is O=C(NCc1cn(-c2ccc(-n3ccccc3=O)cc2OCCN2CCCCC2)cn1)c1ccc(Cl)s1. The van der Waals surface area contributed by atoms with Gasteiger partial charge in [0.05, 0.1) is 39.2 Å². The molecule has 0 spiro atoms. The first-order chi connectivity index (χ1) is 18.1. The van der Waals surface area contributed by atoms with Crippen molar-refractivity contribution in [1.82, 2.24) is 24.3 Å². The number of hydrogen-bond donors (Lipinski definition) is 1. The zero-order chi connectivity index (χ0) is 25.6. The third kappa shape index (κ3) is 6.30. The van der Waals surface area contributed by atoms with Gasteiger partial charge in [-0.1, -0.05) is 24.1 Å². The van der Waals surface area contributed by atoms with Gasteiger partial charge in [-0.05, 0) is 56.3 Å². The summed E-state index contributed by atoms with van der Waals surface area (Å²) < 4.78 is 10.3. The highest BCUT2D eigenvalue weighted by Crippen LogP contribution is 2.27. The molecule has 1 aliphatic heterocycles. The van der Waals surface area contributed by atoms with E-state index in [1.54, 1.807) is 35.3 Å². The van der Waals surface area contributed by atoms with E-state index in [2.05, 4.69) is 15.2 Å². The van der Waals surface area contributed by atoms with E-state index in [1.165, 1.54) is 36.7 Å². The number of pyridine rings is 1. The smallest absolute Gasteiger partial charge is 0.261 e. The normalized spacial score (nSPS) is 14.0. The number of piperidine rings is 1. The van der Waals surface area contributed by atoms with Crippen molar-refractivity contribution < 1.29 is 9.53 Å². The highest BCUT2D eigenvalue weighted by Gasteiger charge is 2.14. The van der Waals surface area contributed by atoms with Crippen LogP contribution in [-0.4, -0.2) is 51.2 Å². The molecule has 0 atom stereocenters. The zero-order valence-corrected chi connectivity index (χ0v) is 21.9. The zero-order valence-electron chi connectivity index (χ0n) is 20.3. The van der Waals surface area contributed by atoms with E-state index in [4.69, 9.17) is 16.3 Å². The Morgan fingerprint density at radius 3 is 2.76 bits per heavy atom. The third-order valence-corrected chi connectivity index (χ3v) is 7.53. The summed E-state index contributed by atoms with van der Waals surface area (Å²) in [5, 5.41) is 2.88. The number of benzene rings is 1. The fourth-order valence-electron chi connectivity index (χ4n) is 4.37. The molecule has 192 valence electrons. The van der Waals surface area contributed by atoms with Crippen molar-refractivity contribution in [3.8, 4) is 17.1 Å². The number of thiophene rings is 1. The molecule has 4 aromatic rings. The standard InChI is InChI=1S/C27H28ClN5O3S/c28-25-10-9-24(37-25)27(35)29-17-20-18-32(19-30-20)22-8-7-21(33-13-5-2-6-26(33)34)16-23(22)36-15-14-31-11-3-1-4-12-31/h2,5-10,13,16,18-19H,1,3-4,11-12,14-15,17H2,(H,29,35). The van der Waals surface area contributed by atoms with Crippen molar-refractivity contribution in [3.63, 3.8) is 0 Å². The molecule has 0 aliphatic carbocycles. The van der Waals surface area contributed by atoms with Gasteiger partial charge in [0.1, 0.15) is 12.4 Å². The Morgan fingerprint density at radius 2 is 1.97 bits per heavy atom. The molecule has 3 aromatic heterocycles. The minimum atomic E-state index is -0.189. The molecule has 1 amide bonds. The third-order valence-electron chi connectivity index (χ3n) is 6.30. The maximum Gasteiger partial charge on any atom is 0.261 e. The van der Waals surface area contributed by atoms with E-state index in [0.717, 1.165) is 31.0 Å². The van der Waals surface area contributed by atoms with Crippen LogP contribution in [0.15, 0.2) is 72.0 Å². The van der Waals surface area contributed by atoms with Gasteiger partial charge in [-0.3, -0.25) is 19.1 Å². The molecular weight excluding hydrogens is 510 g/mol. The van der Waals surface area contributed by atoms with Gasteiger partial charge in [0, 0.05) is 31.1 Å². The minimum Gasteiger partial charge on any atom is -0.490 e. The number of likely N-dealkylation sites (tertiary alicyclic amines) is 1. The van der Waals surface area contributed by atoms with E-state index < -0.39 is 0 Å². The minimum absolute atomic E-state index is 0.109. The predicted molar refractivity (Wildman–Crippen MR) is 145 cm³/mol. The van der Waals surface area contributed by atoms with Crippen molar-refractivity contribution in [2.24, 2.45) is 0 Å². The molecule has 0 unspecified atom stereocenters. The number of nitrogens with zero attached hydrogens (tertiary/aromatic N) is 4. The molecule has 0 radical (unpaired) electrons. The topological polar surface area (TPSA) is 81.4 Å². The number of carbonyl (C=O) groups excluding carboxylic acids is 1. The van der Waals surface area contributed by atoms with Crippen LogP contribution in [-0.2, 0) is 6.54 Å². The van der Waals surface area contributed by atoms with Crippen molar-refractivity contribution in [2.75, 3.05) is 26.2 Å². The summed E-state index contributed by atoms with van der Waals surface area (Å²) >= 11 is 7.17.